The quantitative estimate of drug-likeness (QED) is 0.784. The van der Waals surface area contributed by atoms with E-state index in [1.54, 1.807) is 7.11 Å². The second-order valence-corrected chi connectivity index (χ2v) is 5.03. The Morgan fingerprint density at radius 1 is 1.20 bits per heavy atom. The Balaban J connectivity index is 2.34. The highest BCUT2D eigenvalue weighted by Gasteiger charge is 2.13. The van der Waals surface area contributed by atoms with Crippen molar-refractivity contribution in [2.75, 3.05) is 12.8 Å². The first-order chi connectivity index (χ1) is 9.60. The van der Waals surface area contributed by atoms with Crippen molar-refractivity contribution in [3.63, 3.8) is 0 Å². The summed E-state index contributed by atoms with van der Waals surface area (Å²) in [5.41, 5.74) is 9.78. The summed E-state index contributed by atoms with van der Waals surface area (Å²) in [5.74, 6) is 1.19. The normalized spacial score (nSPS) is 10.9. The molecule has 0 spiro atoms. The van der Waals surface area contributed by atoms with Crippen molar-refractivity contribution in [2.45, 2.75) is 6.92 Å². The van der Waals surface area contributed by atoms with E-state index in [4.69, 9.17) is 22.1 Å². The molecule has 0 saturated heterocycles. The van der Waals surface area contributed by atoms with Crippen LogP contribution in [0, 0.1) is 6.92 Å². The van der Waals surface area contributed by atoms with E-state index in [9.17, 15) is 0 Å². The van der Waals surface area contributed by atoms with Crippen molar-refractivity contribution >= 4 is 28.6 Å². The summed E-state index contributed by atoms with van der Waals surface area (Å²) in [7, 11) is 1.63. The lowest BCUT2D eigenvalue weighted by Crippen LogP contribution is -2.02. The Morgan fingerprint density at radius 2 is 2.00 bits per heavy atom. The van der Waals surface area contributed by atoms with E-state index in [1.165, 1.54) is 0 Å². The average molecular weight is 288 g/mol. The number of hydrogen-bond donors (Lipinski definition) is 1. The second-order valence-electron chi connectivity index (χ2n) is 4.59. The minimum Gasteiger partial charge on any atom is -0.497 e. The van der Waals surface area contributed by atoms with Crippen LogP contribution in [0.4, 0.5) is 5.95 Å². The average Bonchev–Trinajstić information content (AvgIpc) is 2.76. The van der Waals surface area contributed by atoms with Gasteiger partial charge in [-0.1, -0.05) is 17.7 Å². The molecule has 0 amide bonds. The molecule has 0 aliphatic carbocycles. The Kier molecular flexibility index (Phi) is 3.03. The molecule has 0 aliphatic heterocycles. The molecule has 0 aliphatic rings. The van der Waals surface area contributed by atoms with Gasteiger partial charge < -0.3 is 10.5 Å². The number of anilines is 1. The Morgan fingerprint density at radius 3 is 2.75 bits per heavy atom. The van der Waals surface area contributed by atoms with Gasteiger partial charge in [-0.3, -0.25) is 4.57 Å². The first kappa shape index (κ1) is 12.8. The maximum atomic E-state index is 6.10. The van der Waals surface area contributed by atoms with Crippen LogP contribution in [-0.4, -0.2) is 16.7 Å². The van der Waals surface area contributed by atoms with Gasteiger partial charge in [0.15, 0.2) is 0 Å². The van der Waals surface area contributed by atoms with Crippen LogP contribution in [0.5, 0.6) is 5.75 Å². The van der Waals surface area contributed by atoms with E-state index in [0.717, 1.165) is 28.0 Å². The van der Waals surface area contributed by atoms with E-state index in [-0.39, 0.29) is 0 Å². The maximum absolute atomic E-state index is 6.10. The fourth-order valence-electron chi connectivity index (χ4n) is 2.28. The molecule has 0 bridgehead atoms. The van der Waals surface area contributed by atoms with Crippen LogP contribution in [0.15, 0.2) is 36.4 Å². The van der Waals surface area contributed by atoms with Crippen LogP contribution >= 0.6 is 11.6 Å². The number of nitrogens with two attached hydrogens (primary N) is 1. The predicted octanol–water partition coefficient (Wildman–Crippen LogP) is 3.58. The number of halogens is 1. The molecule has 5 heteroatoms. The Labute approximate surface area is 121 Å². The lowest BCUT2D eigenvalue weighted by atomic mass is 10.2. The van der Waals surface area contributed by atoms with Crippen molar-refractivity contribution in [3.8, 4) is 11.4 Å². The van der Waals surface area contributed by atoms with Crippen LogP contribution in [-0.2, 0) is 0 Å². The van der Waals surface area contributed by atoms with Gasteiger partial charge >= 0.3 is 0 Å². The third-order valence-electron chi connectivity index (χ3n) is 3.30. The van der Waals surface area contributed by atoms with Crippen molar-refractivity contribution in [3.05, 3.63) is 47.0 Å². The molecule has 20 heavy (non-hydrogen) atoms. The third-order valence-corrected chi connectivity index (χ3v) is 3.53. The van der Waals surface area contributed by atoms with Crippen LogP contribution in [0.3, 0.4) is 0 Å². The largest absolute Gasteiger partial charge is 0.497 e. The fraction of sp³-hybridized carbons (Fsp3) is 0.133. The minimum absolute atomic E-state index is 0.429. The Hall–Kier alpha value is -2.20. The Bertz CT molecular complexity index is 795. The first-order valence-corrected chi connectivity index (χ1v) is 6.56. The predicted molar refractivity (Wildman–Crippen MR) is 81.8 cm³/mol. The molecule has 0 atom stereocenters. The molecule has 0 fully saturated rings. The van der Waals surface area contributed by atoms with Crippen LogP contribution in [0.2, 0.25) is 5.02 Å². The zero-order valence-electron chi connectivity index (χ0n) is 11.2. The summed E-state index contributed by atoms with van der Waals surface area (Å²) >= 11 is 6.10. The maximum Gasteiger partial charge on any atom is 0.205 e. The lowest BCUT2D eigenvalue weighted by molar-refractivity contribution is 0.415. The van der Waals surface area contributed by atoms with Gasteiger partial charge in [0.1, 0.15) is 5.75 Å². The lowest BCUT2D eigenvalue weighted by Gasteiger charge is -2.11. The molecule has 2 aromatic carbocycles. The minimum atomic E-state index is 0.429. The van der Waals surface area contributed by atoms with Crippen LogP contribution < -0.4 is 10.5 Å². The number of benzene rings is 2. The molecule has 3 aromatic rings. The molecule has 4 nitrogen and oxygen atoms in total. The van der Waals surface area contributed by atoms with Crippen molar-refractivity contribution in [1.82, 2.24) is 9.55 Å². The summed E-state index contributed by atoms with van der Waals surface area (Å²) in [6.07, 6.45) is 0. The smallest absolute Gasteiger partial charge is 0.205 e. The topological polar surface area (TPSA) is 53.1 Å². The summed E-state index contributed by atoms with van der Waals surface area (Å²) in [6.45, 7) is 2.01. The van der Waals surface area contributed by atoms with Gasteiger partial charge in [-0.2, -0.15) is 0 Å². The van der Waals surface area contributed by atoms with Gasteiger partial charge in [0.2, 0.25) is 5.95 Å². The van der Waals surface area contributed by atoms with E-state index in [1.807, 2.05) is 47.9 Å². The number of rotatable bonds is 2. The monoisotopic (exact) mass is 287 g/mol. The highest BCUT2D eigenvalue weighted by Crippen LogP contribution is 2.29. The molecule has 0 radical (unpaired) electrons. The summed E-state index contributed by atoms with van der Waals surface area (Å²) < 4.78 is 7.16. The second kappa shape index (κ2) is 4.72. The van der Waals surface area contributed by atoms with Gasteiger partial charge in [-0.15, -0.1) is 0 Å². The molecule has 3 rings (SSSR count). The van der Waals surface area contributed by atoms with Gasteiger partial charge in [0.25, 0.3) is 0 Å². The fourth-order valence-corrected chi connectivity index (χ4v) is 2.44. The number of aromatic nitrogens is 2. The van der Waals surface area contributed by atoms with Gasteiger partial charge in [-0.25, -0.2) is 4.98 Å². The molecular formula is C15H14ClN3O. The van der Waals surface area contributed by atoms with Crippen molar-refractivity contribution in [2.24, 2.45) is 0 Å². The summed E-state index contributed by atoms with van der Waals surface area (Å²) in [6, 6.07) is 11.4. The summed E-state index contributed by atoms with van der Waals surface area (Å²) in [5, 5.41) is 0.662. The highest BCUT2D eigenvalue weighted by molar-refractivity contribution is 6.30. The molecule has 1 aromatic heterocycles. The number of methoxy groups -OCH3 is 1. The number of imidazole rings is 1. The van der Waals surface area contributed by atoms with Gasteiger partial charge in [-0.05, 0) is 36.8 Å². The third kappa shape index (κ3) is 1.98. The number of ether oxygens (including phenoxy) is 1. The standard InChI is InChI=1S/C15H14ClN3O/c1-9-3-4-10(16)7-13(9)19-14-8-11(20-2)5-6-12(14)18-15(19)17/h3-8H,1-2H3,(H2,17,18). The van der Waals surface area contributed by atoms with Gasteiger partial charge in [0.05, 0.1) is 23.8 Å². The highest BCUT2D eigenvalue weighted by atomic mass is 35.5. The van der Waals surface area contributed by atoms with E-state index in [2.05, 4.69) is 4.98 Å². The number of fused-ring (bicyclic) bond motifs is 1. The van der Waals surface area contributed by atoms with E-state index >= 15 is 0 Å². The molecule has 0 saturated carbocycles. The number of aryl methyl sites for hydroxylation is 1. The zero-order valence-corrected chi connectivity index (χ0v) is 12.0. The zero-order chi connectivity index (χ0) is 14.3. The van der Waals surface area contributed by atoms with E-state index in [0.29, 0.717) is 11.0 Å². The number of hydrogen-bond acceptors (Lipinski definition) is 3. The van der Waals surface area contributed by atoms with Crippen LogP contribution in [0.25, 0.3) is 16.7 Å². The SMILES string of the molecule is COc1ccc2nc(N)n(-c3cc(Cl)ccc3C)c2c1. The molecular weight excluding hydrogens is 274 g/mol. The van der Waals surface area contributed by atoms with Crippen molar-refractivity contribution < 1.29 is 4.74 Å². The first-order valence-electron chi connectivity index (χ1n) is 6.18. The molecule has 1 heterocycles. The number of nitrogens with zero attached hydrogens (tertiary/aromatic N) is 2. The molecule has 0 unspecified atom stereocenters. The number of nitrogen functional groups attached to an aromatic ring is 1. The van der Waals surface area contributed by atoms with Gasteiger partial charge in [0, 0.05) is 11.1 Å². The van der Waals surface area contributed by atoms with E-state index < -0.39 is 0 Å². The molecule has 2 N–H and O–H groups in total. The van der Waals surface area contributed by atoms with Crippen molar-refractivity contribution in [1.29, 1.82) is 0 Å². The summed E-state index contributed by atoms with van der Waals surface area (Å²) in [4.78, 5) is 4.38. The molecule has 102 valence electrons. The van der Waals surface area contributed by atoms with Crippen LogP contribution in [0.1, 0.15) is 5.56 Å².